The summed E-state index contributed by atoms with van der Waals surface area (Å²) in [6, 6.07) is 8.80. The molecule has 2 saturated heterocycles. The summed E-state index contributed by atoms with van der Waals surface area (Å²) in [6.07, 6.45) is 4.58. The van der Waals surface area contributed by atoms with Crippen LogP contribution in [0.3, 0.4) is 0 Å². The Bertz CT molecular complexity index is 2050. The fraction of sp³-hybridized carbons (Fsp3) is 0.353. The van der Waals surface area contributed by atoms with Crippen LogP contribution in [0.15, 0.2) is 53.6 Å². The van der Waals surface area contributed by atoms with Crippen molar-refractivity contribution >= 4 is 27.5 Å². The molecule has 0 spiro atoms. The second-order valence-corrected chi connectivity index (χ2v) is 12.2. The lowest BCUT2D eigenvalue weighted by atomic mass is 9.94. The molecule has 0 bridgehead atoms. The van der Waals surface area contributed by atoms with Crippen LogP contribution in [-0.2, 0) is 20.0 Å². The number of aromatic hydroxyl groups is 1. The molecule has 3 aromatic heterocycles. The molecule has 0 aliphatic carbocycles. The molecule has 2 aliphatic rings. The topological polar surface area (TPSA) is 105 Å². The summed E-state index contributed by atoms with van der Waals surface area (Å²) >= 11 is 0. The molecular formula is C34H33F3N6O3. The lowest BCUT2D eigenvalue weighted by Gasteiger charge is -2.30. The zero-order chi connectivity index (χ0) is 32.2. The Labute approximate surface area is 262 Å². The minimum Gasteiger partial charge on any atom is -0.508 e. The number of alkyl halides is 1. The van der Waals surface area contributed by atoms with Crippen molar-refractivity contribution < 1.29 is 23.0 Å². The number of phenolic OH excluding ortho intramolecular Hbond substituents is 1. The lowest BCUT2D eigenvalue weighted by Crippen LogP contribution is -2.43. The van der Waals surface area contributed by atoms with E-state index in [1.807, 2.05) is 0 Å². The van der Waals surface area contributed by atoms with E-state index in [1.165, 1.54) is 41.1 Å². The van der Waals surface area contributed by atoms with Crippen LogP contribution < -0.4 is 15.6 Å². The number of rotatable bonds is 8. The molecule has 1 unspecified atom stereocenters. The predicted octanol–water partition coefficient (Wildman–Crippen LogP) is 5.66. The maximum atomic E-state index is 16.7. The Balaban J connectivity index is 1.34. The molecule has 9 nitrogen and oxygen atoms in total. The van der Waals surface area contributed by atoms with Crippen LogP contribution in [0.1, 0.15) is 37.3 Å². The van der Waals surface area contributed by atoms with Gasteiger partial charge in [0.05, 0.1) is 10.9 Å². The summed E-state index contributed by atoms with van der Waals surface area (Å²) in [6.45, 7) is 3.35. The highest BCUT2D eigenvalue weighted by atomic mass is 19.1. The van der Waals surface area contributed by atoms with Gasteiger partial charge in [-0.15, -0.1) is 0 Å². The molecule has 238 valence electrons. The van der Waals surface area contributed by atoms with E-state index >= 15 is 4.39 Å². The summed E-state index contributed by atoms with van der Waals surface area (Å²) in [5.41, 5.74) is 0.568. The average Bonchev–Trinajstić information content (AvgIpc) is 3.56. The zero-order valence-electron chi connectivity index (χ0n) is 25.5. The number of hydrogen-bond acceptors (Lipinski definition) is 8. The van der Waals surface area contributed by atoms with Crippen LogP contribution in [-0.4, -0.2) is 60.9 Å². The quantitative estimate of drug-likeness (QED) is 0.227. The molecule has 2 atom stereocenters. The van der Waals surface area contributed by atoms with Crippen LogP contribution in [0.2, 0.25) is 0 Å². The highest BCUT2D eigenvalue weighted by Gasteiger charge is 2.49. The molecule has 0 amide bonds. The van der Waals surface area contributed by atoms with Crippen molar-refractivity contribution in [1.29, 1.82) is 0 Å². The van der Waals surface area contributed by atoms with Crippen molar-refractivity contribution in [3.63, 3.8) is 0 Å². The van der Waals surface area contributed by atoms with Gasteiger partial charge in [-0.2, -0.15) is 9.97 Å². The van der Waals surface area contributed by atoms with Gasteiger partial charge in [-0.05, 0) is 65.9 Å². The molecule has 2 fully saturated rings. The molecule has 46 heavy (non-hydrogen) atoms. The standard InChI is InChI=1S/C34H33F3N6O3/c1-3-23-26(36)7-6-20-11-22(44)12-24(28(20)23)30-29(37)31-25(15-38-30)32(39-14-19-5-8-27(45)42(2)16-19)41-33(40-31)46-18-34-9-4-10-43(34)17-21(35)13-34/h5-8,11-12,15-16,21,44H,3-4,9-10,13-14,17-18H2,1-2H3,(H,39,40,41)/t21?,34-/m0/s1. The number of pyridine rings is 2. The normalized spacial score (nSPS) is 19.6. The smallest absolute Gasteiger partial charge is 0.319 e. The van der Waals surface area contributed by atoms with E-state index < -0.39 is 23.3 Å². The first-order valence-corrected chi connectivity index (χ1v) is 15.4. The maximum Gasteiger partial charge on any atom is 0.319 e. The van der Waals surface area contributed by atoms with Crippen LogP contribution in [0.25, 0.3) is 32.9 Å². The number of fused-ring (bicyclic) bond motifs is 3. The van der Waals surface area contributed by atoms with E-state index in [2.05, 4.69) is 25.2 Å². The number of anilines is 1. The van der Waals surface area contributed by atoms with Gasteiger partial charge >= 0.3 is 6.01 Å². The largest absolute Gasteiger partial charge is 0.508 e. The van der Waals surface area contributed by atoms with Gasteiger partial charge in [-0.3, -0.25) is 14.7 Å². The highest BCUT2D eigenvalue weighted by molar-refractivity contribution is 6.01. The van der Waals surface area contributed by atoms with Gasteiger partial charge < -0.3 is 19.7 Å². The van der Waals surface area contributed by atoms with Crippen molar-refractivity contribution in [2.75, 3.05) is 25.0 Å². The zero-order valence-corrected chi connectivity index (χ0v) is 25.5. The van der Waals surface area contributed by atoms with Crippen molar-refractivity contribution in [3.8, 4) is 23.0 Å². The summed E-state index contributed by atoms with van der Waals surface area (Å²) in [4.78, 5) is 27.5. The Morgan fingerprint density at radius 3 is 2.83 bits per heavy atom. The van der Waals surface area contributed by atoms with Crippen molar-refractivity contribution in [2.24, 2.45) is 7.05 Å². The van der Waals surface area contributed by atoms with Gasteiger partial charge in [-0.25, -0.2) is 13.2 Å². The van der Waals surface area contributed by atoms with Gasteiger partial charge in [0.1, 0.15) is 41.4 Å². The monoisotopic (exact) mass is 630 g/mol. The highest BCUT2D eigenvalue weighted by Crippen LogP contribution is 2.41. The predicted molar refractivity (Wildman–Crippen MR) is 169 cm³/mol. The minimum atomic E-state index is -0.943. The molecule has 12 heteroatoms. The van der Waals surface area contributed by atoms with E-state index in [1.54, 1.807) is 26.2 Å². The number of hydrogen-bond donors (Lipinski definition) is 2. The molecule has 0 radical (unpaired) electrons. The number of nitrogens with one attached hydrogen (secondary N) is 1. The van der Waals surface area contributed by atoms with Crippen molar-refractivity contribution in [1.82, 2.24) is 24.4 Å². The summed E-state index contributed by atoms with van der Waals surface area (Å²) < 4.78 is 53.6. The Kier molecular flexibility index (Phi) is 7.54. The van der Waals surface area contributed by atoms with Gasteiger partial charge in [-0.1, -0.05) is 19.1 Å². The number of phenols is 1. The Morgan fingerprint density at radius 2 is 2.02 bits per heavy atom. The molecule has 2 N–H and O–H groups in total. The van der Waals surface area contributed by atoms with E-state index in [4.69, 9.17) is 4.74 Å². The number of aromatic nitrogens is 4. The lowest BCUT2D eigenvalue weighted by molar-refractivity contribution is 0.107. The van der Waals surface area contributed by atoms with Gasteiger partial charge in [0.2, 0.25) is 5.56 Å². The third-order valence-electron chi connectivity index (χ3n) is 9.26. The minimum absolute atomic E-state index is 0.0838. The third-order valence-corrected chi connectivity index (χ3v) is 9.26. The molecular weight excluding hydrogens is 597 g/mol. The molecule has 5 heterocycles. The van der Waals surface area contributed by atoms with E-state index in [0.717, 1.165) is 24.9 Å². The first-order valence-electron chi connectivity index (χ1n) is 15.4. The number of benzene rings is 2. The molecule has 7 rings (SSSR count). The second-order valence-electron chi connectivity index (χ2n) is 12.2. The van der Waals surface area contributed by atoms with E-state index in [0.29, 0.717) is 35.7 Å². The maximum absolute atomic E-state index is 16.7. The Hall–Kier alpha value is -4.71. The summed E-state index contributed by atoms with van der Waals surface area (Å²) in [5.74, 6) is -1.09. The van der Waals surface area contributed by atoms with Crippen molar-refractivity contribution in [2.45, 2.75) is 50.9 Å². The van der Waals surface area contributed by atoms with Gasteiger partial charge in [0, 0.05) is 50.6 Å². The SMILES string of the molecule is CCc1c(F)ccc2cc(O)cc(-c3ncc4c(NCc5ccc(=O)n(C)c5)nc(OC[C@@]56CCCN5CC(F)C6)nc4c3F)c12. The van der Waals surface area contributed by atoms with E-state index in [-0.39, 0.29) is 58.4 Å². The number of aryl methyl sites for hydroxylation is 2. The third kappa shape index (κ3) is 5.20. The molecule has 2 aliphatic heterocycles. The van der Waals surface area contributed by atoms with Crippen LogP contribution >= 0.6 is 0 Å². The summed E-state index contributed by atoms with van der Waals surface area (Å²) in [5, 5.41) is 15.0. The molecule has 2 aromatic carbocycles. The first kappa shape index (κ1) is 30.0. The fourth-order valence-electron chi connectivity index (χ4n) is 7.05. The van der Waals surface area contributed by atoms with E-state index in [9.17, 15) is 18.7 Å². The second kappa shape index (κ2) is 11.6. The van der Waals surface area contributed by atoms with Gasteiger partial charge in [0.15, 0.2) is 5.82 Å². The van der Waals surface area contributed by atoms with Gasteiger partial charge in [0.25, 0.3) is 0 Å². The fourth-order valence-corrected chi connectivity index (χ4v) is 7.05. The number of halogens is 3. The van der Waals surface area contributed by atoms with Crippen LogP contribution in [0.4, 0.5) is 19.0 Å². The summed E-state index contributed by atoms with van der Waals surface area (Å²) in [7, 11) is 1.65. The van der Waals surface area contributed by atoms with Crippen LogP contribution in [0, 0.1) is 11.6 Å². The average molecular weight is 631 g/mol. The molecule has 5 aromatic rings. The number of ether oxygens (including phenoxy) is 1. The molecule has 0 saturated carbocycles. The van der Waals surface area contributed by atoms with Crippen molar-refractivity contribution in [3.05, 3.63) is 81.9 Å². The Morgan fingerprint density at radius 1 is 1.17 bits per heavy atom. The van der Waals surface area contributed by atoms with Crippen LogP contribution in [0.5, 0.6) is 11.8 Å². The number of nitrogens with zero attached hydrogens (tertiary/aromatic N) is 5. The first-order chi connectivity index (χ1) is 22.2.